The molecule has 0 spiro atoms. The molecular formula is C15H11Br2ClN2O. The van der Waals surface area contributed by atoms with Crippen molar-refractivity contribution in [1.82, 2.24) is 9.97 Å². The third-order valence-corrected chi connectivity index (χ3v) is 5.19. The lowest BCUT2D eigenvalue weighted by Gasteiger charge is -2.14. The first kappa shape index (κ1) is 14.9. The fourth-order valence-electron chi connectivity index (χ4n) is 2.36. The van der Waals surface area contributed by atoms with Crippen molar-refractivity contribution in [1.29, 1.82) is 0 Å². The Labute approximate surface area is 143 Å². The first-order chi connectivity index (χ1) is 9.94. The monoisotopic (exact) mass is 428 g/mol. The number of aromatic nitrogens is 2. The zero-order chi connectivity index (χ0) is 15.1. The number of H-pyrrole nitrogens is 2. The molecule has 3 rings (SSSR count). The van der Waals surface area contributed by atoms with Crippen LogP contribution in [0.25, 0.3) is 11.0 Å². The number of halogens is 3. The van der Waals surface area contributed by atoms with Crippen molar-refractivity contribution < 1.29 is 0 Å². The molecule has 6 heteroatoms. The summed E-state index contributed by atoms with van der Waals surface area (Å²) in [6, 6.07) is 9.79. The predicted molar refractivity (Wildman–Crippen MR) is 93.6 cm³/mol. The number of benzene rings is 2. The number of rotatable bonds is 2. The van der Waals surface area contributed by atoms with E-state index in [4.69, 9.17) is 11.6 Å². The molecule has 0 amide bonds. The Morgan fingerprint density at radius 3 is 2.43 bits per heavy atom. The minimum Gasteiger partial charge on any atom is -0.306 e. The van der Waals surface area contributed by atoms with Crippen LogP contribution in [0.1, 0.15) is 21.5 Å². The summed E-state index contributed by atoms with van der Waals surface area (Å²) < 4.78 is 0.921. The van der Waals surface area contributed by atoms with Crippen molar-refractivity contribution in [2.75, 3.05) is 0 Å². The predicted octanol–water partition coefficient (Wildman–Crippen LogP) is 5.06. The standard InChI is InChI=1S/C15H11Br2ClN2O/c1-7-2-8(4-9(18)3-7)14(17)10-5-12-13(6-11(10)16)20-15(21)19-12/h2-6,14H,1H3,(H2,19,20,21). The summed E-state index contributed by atoms with van der Waals surface area (Å²) in [5.41, 5.74) is 4.55. The number of alkyl halides is 1. The van der Waals surface area contributed by atoms with Crippen molar-refractivity contribution in [3.05, 3.63) is 67.0 Å². The molecule has 0 bridgehead atoms. The zero-order valence-corrected chi connectivity index (χ0v) is 14.9. The van der Waals surface area contributed by atoms with E-state index in [0.29, 0.717) is 5.02 Å². The van der Waals surface area contributed by atoms with Crippen LogP contribution in [0.15, 0.2) is 39.6 Å². The second-order valence-electron chi connectivity index (χ2n) is 4.92. The highest BCUT2D eigenvalue weighted by molar-refractivity contribution is 9.11. The number of nitrogens with one attached hydrogen (secondary N) is 2. The second kappa shape index (κ2) is 5.63. The zero-order valence-electron chi connectivity index (χ0n) is 11.0. The average molecular weight is 431 g/mol. The third kappa shape index (κ3) is 2.96. The summed E-state index contributed by atoms with van der Waals surface area (Å²) >= 11 is 13.4. The quantitative estimate of drug-likeness (QED) is 0.548. The summed E-state index contributed by atoms with van der Waals surface area (Å²) in [6.07, 6.45) is 0. The van der Waals surface area contributed by atoms with E-state index < -0.39 is 0 Å². The van der Waals surface area contributed by atoms with Gasteiger partial charge >= 0.3 is 5.69 Å². The highest BCUT2D eigenvalue weighted by atomic mass is 79.9. The Kier molecular flexibility index (Phi) is 3.99. The maximum absolute atomic E-state index is 11.4. The average Bonchev–Trinajstić information content (AvgIpc) is 2.75. The van der Waals surface area contributed by atoms with E-state index in [-0.39, 0.29) is 10.5 Å². The second-order valence-corrected chi connectivity index (χ2v) is 7.13. The minimum atomic E-state index is -0.209. The van der Waals surface area contributed by atoms with Gasteiger partial charge in [0, 0.05) is 9.50 Å². The maximum Gasteiger partial charge on any atom is 0.323 e. The molecule has 1 unspecified atom stereocenters. The van der Waals surface area contributed by atoms with Gasteiger partial charge in [0.1, 0.15) is 0 Å². The van der Waals surface area contributed by atoms with Gasteiger partial charge in [-0.3, -0.25) is 0 Å². The molecule has 3 nitrogen and oxygen atoms in total. The lowest BCUT2D eigenvalue weighted by atomic mass is 10.0. The number of imidazole rings is 1. The molecule has 108 valence electrons. The largest absolute Gasteiger partial charge is 0.323 e. The molecule has 1 heterocycles. The lowest BCUT2D eigenvalue weighted by molar-refractivity contribution is 1.16. The van der Waals surface area contributed by atoms with Crippen molar-refractivity contribution in [3.63, 3.8) is 0 Å². The summed E-state index contributed by atoms with van der Waals surface area (Å²) in [6.45, 7) is 2.01. The van der Waals surface area contributed by atoms with E-state index in [0.717, 1.165) is 32.2 Å². The Hall–Kier alpha value is -1.04. The van der Waals surface area contributed by atoms with Crippen LogP contribution in [0.4, 0.5) is 0 Å². The molecule has 2 N–H and O–H groups in total. The summed E-state index contributed by atoms with van der Waals surface area (Å²) in [4.78, 5) is 16.9. The number of fused-ring (bicyclic) bond motifs is 1. The van der Waals surface area contributed by atoms with Gasteiger partial charge in [-0.2, -0.15) is 0 Å². The van der Waals surface area contributed by atoms with Crippen LogP contribution in [-0.4, -0.2) is 9.97 Å². The van der Waals surface area contributed by atoms with E-state index in [1.54, 1.807) is 0 Å². The van der Waals surface area contributed by atoms with Crippen molar-refractivity contribution in [3.8, 4) is 0 Å². The van der Waals surface area contributed by atoms with E-state index in [2.05, 4.69) is 47.9 Å². The topological polar surface area (TPSA) is 48.6 Å². The Morgan fingerprint density at radius 1 is 1.10 bits per heavy atom. The first-order valence-corrected chi connectivity index (χ1v) is 8.35. The van der Waals surface area contributed by atoms with Gasteiger partial charge in [-0.15, -0.1) is 0 Å². The summed E-state index contributed by atoms with van der Waals surface area (Å²) in [5, 5.41) is 0.710. The van der Waals surface area contributed by atoms with Crippen LogP contribution >= 0.6 is 43.5 Å². The molecule has 0 aliphatic carbocycles. The summed E-state index contributed by atoms with van der Waals surface area (Å²) in [5.74, 6) is 0. The first-order valence-electron chi connectivity index (χ1n) is 6.26. The van der Waals surface area contributed by atoms with Gasteiger partial charge in [0.25, 0.3) is 0 Å². The molecule has 0 aliphatic heterocycles. The molecule has 0 radical (unpaired) electrons. The fourth-order valence-corrected chi connectivity index (χ4v) is 4.18. The molecule has 1 aromatic heterocycles. The van der Waals surface area contributed by atoms with Crippen LogP contribution in [0.5, 0.6) is 0 Å². The Balaban J connectivity index is 2.13. The van der Waals surface area contributed by atoms with Gasteiger partial charge in [0.2, 0.25) is 0 Å². The van der Waals surface area contributed by atoms with Crippen molar-refractivity contribution in [2.24, 2.45) is 0 Å². The van der Waals surface area contributed by atoms with Gasteiger partial charge in [-0.1, -0.05) is 49.5 Å². The van der Waals surface area contributed by atoms with Gasteiger partial charge in [0.05, 0.1) is 15.9 Å². The SMILES string of the molecule is Cc1cc(Cl)cc(C(Br)c2cc3[nH]c(=O)[nH]c3cc2Br)c1. The molecule has 0 saturated carbocycles. The van der Waals surface area contributed by atoms with Gasteiger partial charge in [-0.05, 0) is 47.9 Å². The van der Waals surface area contributed by atoms with Crippen LogP contribution in [0.2, 0.25) is 5.02 Å². The molecule has 0 aliphatic rings. The van der Waals surface area contributed by atoms with Crippen LogP contribution < -0.4 is 5.69 Å². The molecule has 21 heavy (non-hydrogen) atoms. The van der Waals surface area contributed by atoms with E-state index in [9.17, 15) is 4.79 Å². The van der Waals surface area contributed by atoms with Crippen molar-refractivity contribution in [2.45, 2.75) is 11.8 Å². The molecule has 0 fully saturated rings. The van der Waals surface area contributed by atoms with Crippen LogP contribution in [0.3, 0.4) is 0 Å². The highest BCUT2D eigenvalue weighted by Gasteiger charge is 2.16. The number of aryl methyl sites for hydroxylation is 1. The molecule has 3 aromatic rings. The maximum atomic E-state index is 11.4. The van der Waals surface area contributed by atoms with E-state index in [1.807, 2.05) is 31.2 Å². The molecule has 2 aromatic carbocycles. The Bertz CT molecular complexity index is 865. The smallest absolute Gasteiger partial charge is 0.306 e. The normalized spacial score (nSPS) is 12.8. The van der Waals surface area contributed by atoms with Gasteiger partial charge < -0.3 is 9.97 Å². The lowest BCUT2D eigenvalue weighted by Crippen LogP contribution is -1.99. The van der Waals surface area contributed by atoms with Crippen molar-refractivity contribution >= 4 is 54.5 Å². The number of hydrogen-bond donors (Lipinski definition) is 2. The number of aromatic amines is 2. The van der Waals surface area contributed by atoms with Crippen LogP contribution in [-0.2, 0) is 0 Å². The molecule has 0 saturated heterocycles. The summed E-state index contributed by atoms with van der Waals surface area (Å²) in [7, 11) is 0. The third-order valence-electron chi connectivity index (χ3n) is 3.26. The number of hydrogen-bond acceptors (Lipinski definition) is 1. The molecular weight excluding hydrogens is 419 g/mol. The minimum absolute atomic E-state index is 0.0212. The Morgan fingerprint density at radius 2 is 1.76 bits per heavy atom. The van der Waals surface area contributed by atoms with Crippen LogP contribution in [0, 0.1) is 6.92 Å². The van der Waals surface area contributed by atoms with E-state index in [1.165, 1.54) is 0 Å². The van der Waals surface area contributed by atoms with E-state index >= 15 is 0 Å². The van der Waals surface area contributed by atoms with Gasteiger partial charge in [-0.25, -0.2) is 4.79 Å². The van der Waals surface area contributed by atoms with Gasteiger partial charge in [0.15, 0.2) is 0 Å². The fraction of sp³-hybridized carbons (Fsp3) is 0.133. The highest BCUT2D eigenvalue weighted by Crippen LogP contribution is 2.38. The molecule has 1 atom stereocenters.